The SMILES string of the molecule is CC(=O)O.ClB(Cl)Cl.N. The molecule has 0 saturated carbocycles. The molecule has 0 saturated heterocycles. The second-order valence-electron chi connectivity index (χ2n) is 0.766. The Balaban J connectivity index is -0.0000000720. The van der Waals surface area contributed by atoms with Crippen LogP contribution in [-0.2, 0) is 4.79 Å². The molecule has 3 nitrogen and oxygen atoms in total. The maximum atomic E-state index is 9.00. The normalized spacial score (nSPS) is 5.78. The first kappa shape index (κ1) is 16.2. The summed E-state index contributed by atoms with van der Waals surface area (Å²) in [5.74, 6) is -0.833. The predicted octanol–water partition coefficient (Wildman–Crippen LogP) is 1.94. The minimum Gasteiger partial charge on any atom is -0.481 e. The number of rotatable bonds is 0. The predicted molar refractivity (Wildman–Crippen MR) is 41.6 cm³/mol. The van der Waals surface area contributed by atoms with E-state index in [9.17, 15) is 0 Å². The van der Waals surface area contributed by atoms with E-state index in [1.807, 2.05) is 0 Å². The van der Waals surface area contributed by atoms with Crippen molar-refractivity contribution in [3.05, 3.63) is 0 Å². The molecule has 0 fully saturated rings. The zero-order valence-electron chi connectivity index (χ0n) is 4.77. The van der Waals surface area contributed by atoms with Crippen molar-refractivity contribution in [1.82, 2.24) is 6.15 Å². The molecule has 0 aliphatic rings. The van der Waals surface area contributed by atoms with E-state index in [2.05, 4.69) is 0 Å². The third kappa shape index (κ3) is 2540. The van der Waals surface area contributed by atoms with E-state index in [0.29, 0.717) is 0 Å². The van der Waals surface area contributed by atoms with Crippen molar-refractivity contribution in [2.45, 2.75) is 6.92 Å². The summed E-state index contributed by atoms with van der Waals surface area (Å²) < 4.78 is 0. The quantitative estimate of drug-likeness (QED) is 0.579. The van der Waals surface area contributed by atoms with Crippen molar-refractivity contribution >= 4 is 45.3 Å². The molecule has 0 aliphatic heterocycles. The van der Waals surface area contributed by atoms with Gasteiger partial charge < -0.3 is 11.3 Å². The lowest BCUT2D eigenvalue weighted by Crippen LogP contribution is -1.78. The minimum atomic E-state index is -0.833. The molecule has 9 heavy (non-hydrogen) atoms. The molecule has 0 aromatic carbocycles. The summed E-state index contributed by atoms with van der Waals surface area (Å²) in [5, 5.41) is 7.42. The smallest absolute Gasteiger partial charge is 0.450 e. The van der Waals surface area contributed by atoms with E-state index in [1.54, 1.807) is 0 Å². The Bertz CT molecular complexity index is 64.1. The standard InChI is InChI=1S/C2H4O2.BCl3.H3N/c1-2(3)4;2-1(3)4;/h1H3,(H,3,4);;1H3. The number of carbonyl (C=O) groups is 1. The van der Waals surface area contributed by atoms with Crippen LogP contribution in [0.25, 0.3) is 0 Å². The number of carboxylic acids is 1. The Labute approximate surface area is 68.7 Å². The van der Waals surface area contributed by atoms with Gasteiger partial charge in [0.25, 0.3) is 5.97 Å². The third-order valence-corrected chi connectivity index (χ3v) is 0. The first-order valence-electron chi connectivity index (χ1n) is 1.58. The van der Waals surface area contributed by atoms with Crippen molar-refractivity contribution in [2.24, 2.45) is 0 Å². The average molecular weight is 194 g/mol. The van der Waals surface area contributed by atoms with E-state index in [4.69, 9.17) is 44.3 Å². The number of halogens is 3. The van der Waals surface area contributed by atoms with E-state index in [0.717, 1.165) is 6.92 Å². The van der Waals surface area contributed by atoms with Gasteiger partial charge >= 0.3 is 4.96 Å². The van der Waals surface area contributed by atoms with E-state index in [1.165, 1.54) is 0 Å². The average Bonchev–Trinajstić information content (AvgIpc) is 1.25. The fourth-order valence-electron chi connectivity index (χ4n) is 0. The lowest BCUT2D eigenvalue weighted by molar-refractivity contribution is -0.134. The lowest BCUT2D eigenvalue weighted by atomic mass is 10.7. The van der Waals surface area contributed by atoms with Gasteiger partial charge in [-0.15, -0.1) is 0 Å². The van der Waals surface area contributed by atoms with Crippen LogP contribution in [0.5, 0.6) is 0 Å². The highest BCUT2D eigenvalue weighted by Gasteiger charge is 1.91. The lowest BCUT2D eigenvalue weighted by Gasteiger charge is -1.61. The monoisotopic (exact) mass is 193 g/mol. The Kier molecular flexibility index (Phi) is 20.1. The zero-order valence-corrected chi connectivity index (χ0v) is 7.04. The van der Waals surface area contributed by atoms with Gasteiger partial charge in [0, 0.05) is 6.92 Å². The van der Waals surface area contributed by atoms with Gasteiger partial charge in [0.05, 0.1) is 0 Å². The first-order valence-corrected chi connectivity index (χ1v) is 2.89. The summed E-state index contributed by atoms with van der Waals surface area (Å²) in [5.41, 5.74) is 0. The molecule has 0 heterocycles. The Morgan fingerprint density at radius 2 is 1.44 bits per heavy atom. The minimum absolute atomic E-state index is 0. The van der Waals surface area contributed by atoms with Gasteiger partial charge in [-0.05, 0) is 0 Å². The topological polar surface area (TPSA) is 72.3 Å². The van der Waals surface area contributed by atoms with E-state index in [-0.39, 0.29) is 6.15 Å². The molecule has 0 radical (unpaired) electrons. The van der Waals surface area contributed by atoms with E-state index < -0.39 is 10.9 Å². The van der Waals surface area contributed by atoms with Gasteiger partial charge in [-0.3, -0.25) is 4.79 Å². The van der Waals surface area contributed by atoms with Gasteiger partial charge in [0.15, 0.2) is 0 Å². The zero-order chi connectivity index (χ0) is 7.15. The van der Waals surface area contributed by atoms with Gasteiger partial charge in [-0.2, -0.15) is 34.4 Å². The second kappa shape index (κ2) is 11.2. The van der Waals surface area contributed by atoms with E-state index >= 15 is 0 Å². The summed E-state index contributed by atoms with van der Waals surface area (Å²) in [6.07, 6.45) is 0. The second-order valence-corrected chi connectivity index (χ2v) is 2.75. The molecule has 0 rings (SSSR count). The molecule has 0 aromatic rings. The van der Waals surface area contributed by atoms with Crippen LogP contribution in [0.4, 0.5) is 0 Å². The highest BCUT2D eigenvalue weighted by Crippen LogP contribution is 1.97. The largest absolute Gasteiger partial charge is 0.481 e. The molecule has 0 aliphatic carbocycles. The molecule has 56 valence electrons. The van der Waals surface area contributed by atoms with Crippen molar-refractivity contribution < 1.29 is 9.90 Å². The molecule has 0 spiro atoms. The summed E-state index contributed by atoms with van der Waals surface area (Å²) in [6.45, 7) is 1.08. The van der Waals surface area contributed by atoms with Gasteiger partial charge in [-0.25, -0.2) is 0 Å². The molecule has 0 aromatic heterocycles. The Morgan fingerprint density at radius 1 is 1.44 bits per heavy atom. The molecule has 0 unspecified atom stereocenters. The highest BCUT2D eigenvalue weighted by atomic mass is 35.6. The van der Waals surface area contributed by atoms with Gasteiger partial charge in [0.1, 0.15) is 0 Å². The van der Waals surface area contributed by atoms with Crippen molar-refractivity contribution in [3.63, 3.8) is 0 Å². The molecular weight excluding hydrogens is 187 g/mol. The fraction of sp³-hybridized carbons (Fsp3) is 0.500. The first-order chi connectivity index (χ1) is 3.46. The molecular formula is C2H7BCl3NO2. The summed E-state index contributed by atoms with van der Waals surface area (Å²) in [7, 11) is 0. The molecule has 0 amide bonds. The summed E-state index contributed by atoms with van der Waals surface area (Å²) in [4.78, 5) is 8.25. The number of carboxylic acid groups (broad SMARTS) is 1. The van der Waals surface area contributed by atoms with Crippen molar-refractivity contribution in [1.29, 1.82) is 0 Å². The molecule has 4 N–H and O–H groups in total. The van der Waals surface area contributed by atoms with Crippen LogP contribution in [-0.4, -0.2) is 16.0 Å². The maximum absolute atomic E-state index is 9.00. The molecule has 7 heteroatoms. The Morgan fingerprint density at radius 3 is 1.44 bits per heavy atom. The fourth-order valence-corrected chi connectivity index (χ4v) is 0. The van der Waals surface area contributed by atoms with Crippen LogP contribution < -0.4 is 6.15 Å². The van der Waals surface area contributed by atoms with Crippen molar-refractivity contribution in [2.75, 3.05) is 0 Å². The number of aliphatic carboxylic acids is 1. The van der Waals surface area contributed by atoms with Gasteiger partial charge in [-0.1, -0.05) is 0 Å². The third-order valence-electron chi connectivity index (χ3n) is 0. The van der Waals surface area contributed by atoms with Crippen LogP contribution >= 0.6 is 34.4 Å². The molecule has 0 bridgehead atoms. The maximum Gasteiger partial charge on any atom is 0.450 e. The van der Waals surface area contributed by atoms with Crippen LogP contribution in [0.3, 0.4) is 0 Å². The number of hydrogen-bond acceptors (Lipinski definition) is 2. The molecule has 0 atom stereocenters. The van der Waals surface area contributed by atoms with Crippen molar-refractivity contribution in [3.8, 4) is 0 Å². The highest BCUT2D eigenvalue weighted by molar-refractivity contribution is 7.54. The van der Waals surface area contributed by atoms with Crippen LogP contribution in [0, 0.1) is 0 Å². The summed E-state index contributed by atoms with van der Waals surface area (Å²) >= 11 is 14.4. The van der Waals surface area contributed by atoms with Gasteiger partial charge in [0.2, 0.25) is 0 Å². The number of hydrogen-bond donors (Lipinski definition) is 2. The van der Waals surface area contributed by atoms with Crippen LogP contribution in [0.2, 0.25) is 0 Å². The van der Waals surface area contributed by atoms with Crippen LogP contribution in [0.15, 0.2) is 0 Å². The summed E-state index contributed by atoms with van der Waals surface area (Å²) in [6, 6.07) is 0. The Hall–Kier alpha value is 0.365. The van der Waals surface area contributed by atoms with Crippen LogP contribution in [0.1, 0.15) is 6.92 Å².